The highest BCUT2D eigenvalue weighted by atomic mass is 16.6. The van der Waals surface area contributed by atoms with E-state index in [9.17, 15) is 4.79 Å². The van der Waals surface area contributed by atoms with E-state index < -0.39 is 0 Å². The van der Waals surface area contributed by atoms with Crippen molar-refractivity contribution in [1.82, 2.24) is 10.2 Å². The van der Waals surface area contributed by atoms with Crippen molar-refractivity contribution in [3.8, 4) is 0 Å². The van der Waals surface area contributed by atoms with Crippen LogP contribution >= 0.6 is 0 Å². The predicted molar refractivity (Wildman–Crippen MR) is 236 cm³/mol. The van der Waals surface area contributed by atoms with Crippen LogP contribution in [0, 0.1) is 0 Å². The number of carbonyl (C=O) groups excluding carboxylic acids is 1. The zero-order valence-electron chi connectivity index (χ0n) is 37.2. The number of nitrogens with one attached hydrogen (secondary N) is 1. The molecule has 0 aromatic carbocycles. The Hall–Kier alpha value is -1.37. The lowest BCUT2D eigenvalue weighted by Crippen LogP contribution is -2.43. The third kappa shape index (κ3) is 38.9. The molecule has 0 heterocycles. The number of allylic oxidation sites excluding steroid dienone is 4. The van der Waals surface area contributed by atoms with E-state index in [0.29, 0.717) is 45.1 Å². The van der Waals surface area contributed by atoms with Crippen molar-refractivity contribution in [2.45, 2.75) is 240 Å². The second-order valence-corrected chi connectivity index (χ2v) is 16.4. The minimum Gasteiger partial charge on any atom is -0.441 e. The standard InChI is InChI=1S/C48H94N2O4/c1-7-9-11-13-15-17-19-21-23-25-27-29-31-33-35-37-41-52-43-47(54-48(51)49-39-40-50(45(3)4)46(5)6)44-53-42-38-36-34-32-30-28-26-24-22-20-18-16-14-12-10-8-2/h21-24,45-47H,7-20,25-44H2,1-6H3,(H,49,51)/b23-21-,24-22-. The van der Waals surface area contributed by atoms with Crippen molar-refractivity contribution < 1.29 is 19.0 Å². The maximum absolute atomic E-state index is 12.7. The van der Waals surface area contributed by atoms with Gasteiger partial charge in [-0.25, -0.2) is 4.79 Å². The number of hydrogen-bond donors (Lipinski definition) is 1. The molecule has 0 saturated carbocycles. The van der Waals surface area contributed by atoms with Crippen LogP contribution in [0.1, 0.15) is 221 Å². The minimum absolute atomic E-state index is 0.380. The summed E-state index contributed by atoms with van der Waals surface area (Å²) in [5.41, 5.74) is 0. The number of rotatable bonds is 42. The number of carbonyl (C=O) groups is 1. The highest BCUT2D eigenvalue weighted by Crippen LogP contribution is 2.12. The maximum Gasteiger partial charge on any atom is 0.407 e. The van der Waals surface area contributed by atoms with E-state index in [-0.39, 0.29) is 12.2 Å². The monoisotopic (exact) mass is 763 g/mol. The Labute approximate surface area is 337 Å². The quantitative estimate of drug-likeness (QED) is 0.0496. The Kier molecular flexibility index (Phi) is 41.7. The highest BCUT2D eigenvalue weighted by molar-refractivity contribution is 5.67. The zero-order chi connectivity index (χ0) is 39.6. The first-order chi connectivity index (χ1) is 26.4. The van der Waals surface area contributed by atoms with Crippen LogP contribution in [-0.4, -0.2) is 68.7 Å². The summed E-state index contributed by atoms with van der Waals surface area (Å²) < 4.78 is 17.8. The van der Waals surface area contributed by atoms with Crippen LogP contribution in [0.2, 0.25) is 0 Å². The second-order valence-electron chi connectivity index (χ2n) is 16.4. The SMILES string of the molecule is CCCCCCCC/C=C\CCCCCCCCOCC(COCCCCCCCC/C=C\CCCCCCCC)OC(=O)NCCN(C(C)C)C(C)C. The van der Waals surface area contributed by atoms with Crippen molar-refractivity contribution in [3.63, 3.8) is 0 Å². The highest BCUT2D eigenvalue weighted by Gasteiger charge is 2.17. The van der Waals surface area contributed by atoms with Crippen LogP contribution in [0.15, 0.2) is 24.3 Å². The van der Waals surface area contributed by atoms with E-state index in [2.05, 4.69) is 76.1 Å². The molecule has 0 aliphatic carbocycles. The van der Waals surface area contributed by atoms with Gasteiger partial charge in [-0.3, -0.25) is 4.90 Å². The zero-order valence-corrected chi connectivity index (χ0v) is 37.2. The van der Waals surface area contributed by atoms with Crippen LogP contribution in [0.3, 0.4) is 0 Å². The Balaban J connectivity index is 4.14. The third-order valence-electron chi connectivity index (χ3n) is 10.4. The molecule has 0 aromatic rings. The third-order valence-corrected chi connectivity index (χ3v) is 10.4. The van der Waals surface area contributed by atoms with E-state index in [1.807, 2.05) is 0 Å². The molecule has 1 amide bonds. The van der Waals surface area contributed by atoms with Crippen molar-refractivity contribution in [2.24, 2.45) is 0 Å². The van der Waals surface area contributed by atoms with Crippen LogP contribution < -0.4 is 5.32 Å². The Morgan fingerprint density at radius 3 is 1.19 bits per heavy atom. The molecule has 6 nitrogen and oxygen atoms in total. The van der Waals surface area contributed by atoms with Gasteiger partial charge in [0.2, 0.25) is 0 Å². The fraction of sp³-hybridized carbons (Fsp3) is 0.896. The van der Waals surface area contributed by atoms with Gasteiger partial charge in [-0.1, -0.05) is 154 Å². The summed E-state index contributed by atoms with van der Waals surface area (Å²) in [7, 11) is 0. The lowest BCUT2D eigenvalue weighted by atomic mass is 10.1. The summed E-state index contributed by atoms with van der Waals surface area (Å²) in [4.78, 5) is 15.1. The Morgan fingerprint density at radius 1 is 0.500 bits per heavy atom. The number of ether oxygens (including phenoxy) is 3. The minimum atomic E-state index is -0.389. The van der Waals surface area contributed by atoms with E-state index in [1.54, 1.807) is 0 Å². The van der Waals surface area contributed by atoms with Gasteiger partial charge in [-0.2, -0.15) is 0 Å². The van der Waals surface area contributed by atoms with E-state index in [4.69, 9.17) is 14.2 Å². The van der Waals surface area contributed by atoms with Gasteiger partial charge >= 0.3 is 6.09 Å². The maximum atomic E-state index is 12.7. The number of amides is 1. The summed E-state index contributed by atoms with van der Waals surface area (Å²) in [6.45, 7) is 16.9. The molecule has 0 saturated heterocycles. The molecule has 0 rings (SSSR count). The van der Waals surface area contributed by atoms with Gasteiger partial charge in [0.25, 0.3) is 0 Å². The molecule has 54 heavy (non-hydrogen) atoms. The molecule has 320 valence electrons. The summed E-state index contributed by atoms with van der Waals surface area (Å²) >= 11 is 0. The fourth-order valence-electron chi connectivity index (χ4n) is 7.04. The molecule has 0 bridgehead atoms. The molecule has 0 aromatic heterocycles. The summed E-state index contributed by atoms with van der Waals surface area (Å²) in [5.74, 6) is 0. The van der Waals surface area contributed by atoms with Crippen LogP contribution in [0.5, 0.6) is 0 Å². The molecule has 0 atom stereocenters. The lowest BCUT2D eigenvalue weighted by Gasteiger charge is -2.30. The molecule has 0 aliphatic rings. The Bertz CT molecular complexity index is 761. The predicted octanol–water partition coefficient (Wildman–Crippen LogP) is 14.3. The summed E-state index contributed by atoms with van der Waals surface area (Å²) in [6, 6.07) is 0.863. The van der Waals surface area contributed by atoms with Gasteiger partial charge in [0.05, 0.1) is 13.2 Å². The molecular weight excluding hydrogens is 669 g/mol. The smallest absolute Gasteiger partial charge is 0.407 e. The van der Waals surface area contributed by atoms with Gasteiger partial charge in [-0.05, 0) is 91.9 Å². The first-order valence-corrected chi connectivity index (χ1v) is 23.6. The van der Waals surface area contributed by atoms with E-state index in [1.165, 1.54) is 167 Å². The summed E-state index contributed by atoms with van der Waals surface area (Å²) in [6.07, 6.45) is 45.1. The molecule has 1 N–H and O–H groups in total. The molecular formula is C48H94N2O4. The van der Waals surface area contributed by atoms with Gasteiger partial charge in [0.15, 0.2) is 6.10 Å². The topological polar surface area (TPSA) is 60.0 Å². The van der Waals surface area contributed by atoms with Crippen LogP contribution in [-0.2, 0) is 14.2 Å². The average molecular weight is 763 g/mol. The lowest BCUT2D eigenvalue weighted by molar-refractivity contribution is -0.0293. The van der Waals surface area contributed by atoms with Crippen LogP contribution in [0.25, 0.3) is 0 Å². The number of alkyl carbamates (subject to hydrolysis) is 1. The first-order valence-electron chi connectivity index (χ1n) is 23.6. The van der Waals surface area contributed by atoms with Gasteiger partial charge in [0, 0.05) is 38.4 Å². The normalized spacial score (nSPS) is 12.2. The van der Waals surface area contributed by atoms with E-state index >= 15 is 0 Å². The molecule has 0 radical (unpaired) electrons. The van der Waals surface area contributed by atoms with Crippen molar-refractivity contribution in [2.75, 3.05) is 39.5 Å². The molecule has 0 fully saturated rings. The van der Waals surface area contributed by atoms with Gasteiger partial charge in [-0.15, -0.1) is 0 Å². The molecule has 0 spiro atoms. The molecule has 6 heteroatoms. The average Bonchev–Trinajstić information content (AvgIpc) is 3.15. The molecule has 0 unspecified atom stereocenters. The number of unbranched alkanes of at least 4 members (excludes halogenated alkanes) is 24. The number of nitrogens with zero attached hydrogens (tertiary/aromatic N) is 1. The second kappa shape index (κ2) is 42.8. The van der Waals surface area contributed by atoms with Crippen molar-refractivity contribution in [3.05, 3.63) is 24.3 Å². The number of hydrogen-bond acceptors (Lipinski definition) is 5. The van der Waals surface area contributed by atoms with Crippen molar-refractivity contribution in [1.29, 1.82) is 0 Å². The van der Waals surface area contributed by atoms with Crippen molar-refractivity contribution >= 4 is 6.09 Å². The Morgan fingerprint density at radius 2 is 0.833 bits per heavy atom. The van der Waals surface area contributed by atoms with Crippen LogP contribution in [0.4, 0.5) is 4.79 Å². The molecule has 0 aliphatic heterocycles. The van der Waals surface area contributed by atoms with Gasteiger partial charge in [0.1, 0.15) is 0 Å². The fourth-order valence-corrected chi connectivity index (χ4v) is 7.04. The largest absolute Gasteiger partial charge is 0.441 e. The summed E-state index contributed by atoms with van der Waals surface area (Å²) in [5, 5.41) is 2.95. The van der Waals surface area contributed by atoms with E-state index in [0.717, 1.165) is 19.4 Å². The first kappa shape index (κ1) is 52.6. The van der Waals surface area contributed by atoms with Gasteiger partial charge < -0.3 is 19.5 Å².